The van der Waals surface area contributed by atoms with Crippen LogP contribution in [0.2, 0.25) is 0 Å². The van der Waals surface area contributed by atoms with Crippen LogP contribution in [0, 0.1) is 23.2 Å². The molecule has 3 atom stereocenters. The number of halogens is 2. The maximum Gasteiger partial charge on any atom is 0.311 e. The van der Waals surface area contributed by atoms with Crippen LogP contribution in [0.15, 0.2) is 59.1 Å². The molecule has 0 spiro atoms. The maximum absolute atomic E-state index is 12.6. The lowest BCUT2D eigenvalue weighted by atomic mass is 9.92. The van der Waals surface area contributed by atoms with Crippen molar-refractivity contribution in [3.63, 3.8) is 0 Å². The Morgan fingerprint density at radius 1 is 1.21 bits per heavy atom. The van der Waals surface area contributed by atoms with Gasteiger partial charge in [0.1, 0.15) is 16.3 Å². The summed E-state index contributed by atoms with van der Waals surface area (Å²) in [5.41, 5.74) is 0.290. The first-order chi connectivity index (χ1) is 13.4. The molecule has 28 heavy (non-hydrogen) atoms. The van der Waals surface area contributed by atoms with Gasteiger partial charge in [-0.1, -0.05) is 67.4 Å². The van der Waals surface area contributed by atoms with Crippen molar-refractivity contribution < 1.29 is 14.3 Å². The van der Waals surface area contributed by atoms with E-state index < -0.39 is 18.0 Å². The summed E-state index contributed by atoms with van der Waals surface area (Å²) in [6.07, 6.45) is 0.941. The third kappa shape index (κ3) is 6.26. The van der Waals surface area contributed by atoms with Crippen LogP contribution in [0.25, 0.3) is 0 Å². The molecule has 0 aliphatic carbocycles. The molecule has 146 valence electrons. The molecule has 1 aromatic carbocycles. The molecular formula is C21H20Cl2N2O3. The number of allylic oxidation sites excluding steroid dienone is 1. The molecule has 0 radical (unpaired) electrons. The van der Waals surface area contributed by atoms with Gasteiger partial charge in [-0.15, -0.1) is 0 Å². The van der Waals surface area contributed by atoms with Gasteiger partial charge in [-0.2, -0.15) is 5.26 Å². The number of rotatable bonds is 8. The van der Waals surface area contributed by atoms with Crippen molar-refractivity contribution in [2.45, 2.75) is 26.4 Å². The van der Waals surface area contributed by atoms with Gasteiger partial charge in [0.25, 0.3) is 0 Å². The average Bonchev–Trinajstić information content (AvgIpc) is 2.67. The van der Waals surface area contributed by atoms with E-state index in [2.05, 4.69) is 4.98 Å². The van der Waals surface area contributed by atoms with Crippen molar-refractivity contribution in [1.29, 1.82) is 5.26 Å². The molecule has 0 aliphatic rings. The lowest BCUT2D eigenvalue weighted by molar-refractivity contribution is -0.153. The lowest BCUT2D eigenvalue weighted by Crippen LogP contribution is -2.24. The van der Waals surface area contributed by atoms with Crippen LogP contribution >= 0.6 is 23.2 Å². The highest BCUT2D eigenvalue weighted by molar-refractivity contribution is 6.55. The normalized spacial score (nSPS) is 13.5. The van der Waals surface area contributed by atoms with Crippen LogP contribution in [0.3, 0.4) is 0 Å². The van der Waals surface area contributed by atoms with E-state index in [1.54, 1.807) is 36.4 Å². The first kappa shape index (κ1) is 21.7. The molecule has 7 heteroatoms. The van der Waals surface area contributed by atoms with Gasteiger partial charge >= 0.3 is 5.97 Å². The van der Waals surface area contributed by atoms with E-state index in [1.165, 1.54) is 0 Å². The predicted octanol–water partition coefficient (Wildman–Crippen LogP) is 5.96. The van der Waals surface area contributed by atoms with E-state index >= 15 is 0 Å². The molecule has 3 unspecified atom stereocenters. The van der Waals surface area contributed by atoms with E-state index in [9.17, 15) is 10.1 Å². The summed E-state index contributed by atoms with van der Waals surface area (Å²) < 4.78 is 11.2. The Labute approximate surface area is 174 Å². The number of ether oxygens (including phenoxy) is 2. The van der Waals surface area contributed by atoms with E-state index in [-0.39, 0.29) is 16.1 Å². The molecule has 0 N–H and O–H groups in total. The Balaban J connectivity index is 2.14. The van der Waals surface area contributed by atoms with Crippen LogP contribution in [0.4, 0.5) is 0 Å². The van der Waals surface area contributed by atoms with Crippen molar-refractivity contribution in [3.8, 4) is 17.7 Å². The van der Waals surface area contributed by atoms with Gasteiger partial charge in [0.15, 0.2) is 0 Å². The van der Waals surface area contributed by atoms with Gasteiger partial charge in [0.2, 0.25) is 12.0 Å². The van der Waals surface area contributed by atoms with Gasteiger partial charge in [0.05, 0.1) is 11.6 Å². The second-order valence-electron chi connectivity index (χ2n) is 6.09. The van der Waals surface area contributed by atoms with Gasteiger partial charge in [-0.25, -0.2) is 4.98 Å². The van der Waals surface area contributed by atoms with Crippen molar-refractivity contribution in [2.75, 3.05) is 0 Å². The lowest BCUT2D eigenvalue weighted by Gasteiger charge is -2.20. The van der Waals surface area contributed by atoms with Gasteiger partial charge < -0.3 is 9.47 Å². The molecule has 2 rings (SSSR count). The molecule has 1 aromatic heterocycles. The highest BCUT2D eigenvalue weighted by Gasteiger charge is 2.27. The van der Waals surface area contributed by atoms with Crippen LogP contribution < -0.4 is 4.74 Å². The third-order valence-corrected chi connectivity index (χ3v) is 4.35. The number of benzene rings is 1. The minimum Gasteiger partial charge on any atom is -0.440 e. The summed E-state index contributed by atoms with van der Waals surface area (Å²) in [5.74, 6) is -0.308. The number of nitrogens with zero attached hydrogens (tertiary/aromatic N) is 2. The fraction of sp³-hybridized carbons (Fsp3) is 0.286. The van der Waals surface area contributed by atoms with E-state index in [1.807, 2.05) is 38.1 Å². The molecule has 0 saturated heterocycles. The molecule has 0 saturated carbocycles. The Morgan fingerprint density at radius 3 is 2.54 bits per heavy atom. The zero-order chi connectivity index (χ0) is 20.5. The van der Waals surface area contributed by atoms with E-state index in [4.69, 9.17) is 32.7 Å². The molecule has 1 heterocycles. The fourth-order valence-corrected chi connectivity index (χ4v) is 3.06. The second kappa shape index (κ2) is 10.7. The molecule has 0 aliphatic heterocycles. The smallest absolute Gasteiger partial charge is 0.311 e. The topological polar surface area (TPSA) is 72.2 Å². The second-order valence-corrected chi connectivity index (χ2v) is 7.10. The highest BCUT2D eigenvalue weighted by atomic mass is 35.5. The summed E-state index contributed by atoms with van der Waals surface area (Å²) in [6, 6.07) is 16.1. The Hall–Kier alpha value is -2.55. The van der Waals surface area contributed by atoms with Crippen molar-refractivity contribution >= 4 is 29.2 Å². The number of hydrogen-bond donors (Lipinski definition) is 0. The number of pyridine rings is 1. The molecule has 0 bridgehead atoms. The molecular weight excluding hydrogens is 399 g/mol. The Kier molecular flexibility index (Phi) is 8.31. The van der Waals surface area contributed by atoms with Crippen molar-refractivity contribution in [3.05, 3.63) is 64.8 Å². The Morgan fingerprint density at radius 2 is 1.93 bits per heavy atom. The SMILES string of the molecule is CCC(C(=O)OC(C#N)c1cccc(Oc2ccccc2)n1)C(C)C=C(Cl)Cl. The summed E-state index contributed by atoms with van der Waals surface area (Å²) in [6.45, 7) is 3.67. The van der Waals surface area contributed by atoms with Crippen LogP contribution in [0.1, 0.15) is 32.1 Å². The van der Waals surface area contributed by atoms with Gasteiger partial charge in [-0.05, 0) is 30.5 Å². The van der Waals surface area contributed by atoms with Gasteiger partial charge in [0, 0.05) is 6.07 Å². The number of para-hydroxylation sites is 1. The van der Waals surface area contributed by atoms with E-state index in [0.717, 1.165) is 0 Å². The minimum atomic E-state index is -1.15. The fourth-order valence-electron chi connectivity index (χ4n) is 2.67. The first-order valence-electron chi connectivity index (χ1n) is 8.77. The summed E-state index contributed by atoms with van der Waals surface area (Å²) in [4.78, 5) is 16.9. The number of hydrogen-bond acceptors (Lipinski definition) is 5. The van der Waals surface area contributed by atoms with Crippen molar-refractivity contribution in [1.82, 2.24) is 4.98 Å². The summed E-state index contributed by atoms with van der Waals surface area (Å²) in [7, 11) is 0. The van der Waals surface area contributed by atoms with Gasteiger partial charge in [-0.3, -0.25) is 4.79 Å². The predicted molar refractivity (Wildman–Crippen MR) is 108 cm³/mol. The maximum atomic E-state index is 12.6. The molecule has 0 amide bonds. The zero-order valence-corrected chi connectivity index (χ0v) is 17.0. The summed E-state index contributed by atoms with van der Waals surface area (Å²) in [5, 5.41) is 9.49. The summed E-state index contributed by atoms with van der Waals surface area (Å²) >= 11 is 11.4. The first-order valence-corrected chi connectivity index (χ1v) is 9.53. The monoisotopic (exact) mass is 418 g/mol. The Bertz CT molecular complexity index is 861. The van der Waals surface area contributed by atoms with Crippen LogP contribution in [-0.4, -0.2) is 11.0 Å². The zero-order valence-electron chi connectivity index (χ0n) is 15.5. The highest BCUT2D eigenvalue weighted by Crippen LogP contribution is 2.27. The minimum absolute atomic E-state index is 0.0861. The quantitative estimate of drug-likeness (QED) is 0.494. The largest absolute Gasteiger partial charge is 0.440 e. The number of carbonyl (C=O) groups is 1. The molecule has 5 nitrogen and oxygen atoms in total. The van der Waals surface area contributed by atoms with Crippen LogP contribution in [0.5, 0.6) is 11.6 Å². The van der Waals surface area contributed by atoms with Crippen LogP contribution in [-0.2, 0) is 9.53 Å². The van der Waals surface area contributed by atoms with Crippen molar-refractivity contribution in [2.24, 2.45) is 11.8 Å². The number of carbonyl (C=O) groups excluding carboxylic acids is 1. The standard InChI is InChI=1S/C21H20Cl2N2O3/c1-3-16(14(2)12-19(22)23)21(26)28-18(13-24)17-10-7-11-20(25-17)27-15-8-5-4-6-9-15/h4-12,14,16,18H,3H2,1-2H3. The third-order valence-electron chi connectivity index (χ3n) is 4.10. The van der Waals surface area contributed by atoms with E-state index in [0.29, 0.717) is 18.1 Å². The molecule has 0 fully saturated rings. The molecule has 2 aromatic rings. The number of aromatic nitrogens is 1. The average molecular weight is 419 g/mol. The number of esters is 1. The number of nitriles is 1.